The molecule has 3 aliphatic rings. The van der Waals surface area contributed by atoms with Gasteiger partial charge in [0.1, 0.15) is 5.60 Å². The van der Waals surface area contributed by atoms with Gasteiger partial charge in [0.2, 0.25) is 0 Å². The van der Waals surface area contributed by atoms with Crippen LogP contribution >= 0.6 is 11.6 Å². The summed E-state index contributed by atoms with van der Waals surface area (Å²) < 4.78 is 10.7. The van der Waals surface area contributed by atoms with Gasteiger partial charge >= 0.3 is 12.1 Å². The van der Waals surface area contributed by atoms with Crippen molar-refractivity contribution < 1.29 is 19.1 Å². The van der Waals surface area contributed by atoms with E-state index >= 15 is 0 Å². The number of benzene rings is 2. The van der Waals surface area contributed by atoms with Crippen molar-refractivity contribution in [1.82, 2.24) is 15.1 Å². The largest absolute Gasteiger partial charge is 0.462 e. The average molecular weight is 665 g/mol. The van der Waals surface area contributed by atoms with Gasteiger partial charge < -0.3 is 24.6 Å². The van der Waals surface area contributed by atoms with Crippen molar-refractivity contribution in [3.05, 3.63) is 70.3 Å². The Morgan fingerprint density at radius 2 is 1.68 bits per heavy atom. The Kier molecular flexibility index (Phi) is 11.6. The number of hydrogen-bond acceptors (Lipinski definition) is 7. The molecule has 0 aromatic heterocycles. The summed E-state index contributed by atoms with van der Waals surface area (Å²) in [5.41, 5.74) is 5.68. The van der Waals surface area contributed by atoms with Crippen LogP contribution in [-0.2, 0) is 9.47 Å². The summed E-state index contributed by atoms with van der Waals surface area (Å²) in [6, 6.07) is 16.3. The summed E-state index contributed by atoms with van der Waals surface area (Å²) in [5.74, 6) is -0.273. The Bertz CT molecular complexity index is 1400. The average Bonchev–Trinajstić information content (AvgIpc) is 3.01. The van der Waals surface area contributed by atoms with Gasteiger partial charge in [0.05, 0.1) is 12.2 Å². The molecule has 2 aromatic carbocycles. The molecule has 47 heavy (non-hydrogen) atoms. The number of carbonyl (C=O) groups excluding carboxylic acids is 2. The minimum Gasteiger partial charge on any atom is -0.462 e. The number of rotatable bonds is 9. The van der Waals surface area contributed by atoms with Crippen LogP contribution in [0.5, 0.6) is 0 Å². The maximum absolute atomic E-state index is 12.5. The summed E-state index contributed by atoms with van der Waals surface area (Å²) in [4.78, 5) is 32.1. The van der Waals surface area contributed by atoms with E-state index in [2.05, 4.69) is 39.1 Å². The quantitative estimate of drug-likeness (QED) is 0.283. The molecule has 0 saturated carbocycles. The number of amides is 1. The van der Waals surface area contributed by atoms with E-state index in [1.807, 2.05) is 64.1 Å². The summed E-state index contributed by atoms with van der Waals surface area (Å²) >= 11 is 6.28. The van der Waals surface area contributed by atoms with Crippen LogP contribution in [0, 0.1) is 5.41 Å². The van der Waals surface area contributed by atoms with Gasteiger partial charge in [-0.1, -0.05) is 36.2 Å². The first-order valence-electron chi connectivity index (χ1n) is 17.3. The van der Waals surface area contributed by atoms with Gasteiger partial charge in [-0.15, -0.1) is 0 Å². The van der Waals surface area contributed by atoms with Crippen molar-refractivity contribution in [1.29, 1.82) is 0 Å². The van der Waals surface area contributed by atoms with Crippen molar-refractivity contribution in [2.24, 2.45) is 5.41 Å². The lowest BCUT2D eigenvalue weighted by molar-refractivity contribution is 0.0451. The minimum atomic E-state index is -0.498. The number of anilines is 1. The molecule has 0 bridgehead atoms. The molecule has 2 unspecified atom stereocenters. The van der Waals surface area contributed by atoms with E-state index in [1.165, 1.54) is 16.7 Å². The number of likely N-dealkylation sites (tertiary alicyclic amines) is 1. The molecule has 8 nitrogen and oxygen atoms in total. The van der Waals surface area contributed by atoms with E-state index in [-0.39, 0.29) is 23.5 Å². The summed E-state index contributed by atoms with van der Waals surface area (Å²) in [6.07, 6.45) is 4.98. The van der Waals surface area contributed by atoms with Gasteiger partial charge in [-0.05, 0) is 119 Å². The fourth-order valence-corrected chi connectivity index (χ4v) is 7.51. The number of halogens is 1. The fraction of sp³-hybridized carbons (Fsp3) is 0.579. The summed E-state index contributed by atoms with van der Waals surface area (Å²) in [5, 5.41) is 3.89. The molecule has 2 atom stereocenters. The monoisotopic (exact) mass is 664 g/mol. The molecule has 1 N–H and O–H groups in total. The summed E-state index contributed by atoms with van der Waals surface area (Å²) in [6.45, 7) is 18.1. The van der Waals surface area contributed by atoms with Crippen LogP contribution in [0.2, 0.25) is 5.02 Å². The Hall–Kier alpha value is -3.07. The molecule has 2 fully saturated rings. The molecular formula is C38H53ClN4O4. The van der Waals surface area contributed by atoms with Gasteiger partial charge in [0, 0.05) is 62.6 Å². The van der Waals surface area contributed by atoms with Gasteiger partial charge in [0.15, 0.2) is 0 Å². The first kappa shape index (κ1) is 35.2. The van der Waals surface area contributed by atoms with Crippen LogP contribution in [0.3, 0.4) is 0 Å². The van der Waals surface area contributed by atoms with Crippen LogP contribution in [0.1, 0.15) is 82.6 Å². The third kappa shape index (κ3) is 9.97. The lowest BCUT2D eigenvalue weighted by atomic mass is 9.71. The van der Waals surface area contributed by atoms with Crippen molar-refractivity contribution >= 4 is 34.9 Å². The third-order valence-corrected chi connectivity index (χ3v) is 9.85. The zero-order chi connectivity index (χ0) is 33.6. The number of allylic oxidation sites excluding steroid dienone is 1. The van der Waals surface area contributed by atoms with Gasteiger partial charge in [0.25, 0.3) is 0 Å². The zero-order valence-corrected chi connectivity index (χ0v) is 29.7. The van der Waals surface area contributed by atoms with E-state index in [0.29, 0.717) is 12.2 Å². The lowest BCUT2D eigenvalue weighted by Crippen LogP contribution is -2.51. The number of nitrogens with zero attached hydrogens (tertiary/aromatic N) is 3. The SMILES string of the molecule is CCOC(=O)c1ccc(N2CCN(CC3=C(c4ccc(Cl)cc4)CCC(C)(CN4CCCC(NC(=O)OC(C)(C)C)C4)C3)CC2)cc1. The first-order chi connectivity index (χ1) is 22.4. The van der Waals surface area contributed by atoms with Crippen LogP contribution in [0.25, 0.3) is 5.57 Å². The molecule has 5 rings (SSSR count). The summed E-state index contributed by atoms with van der Waals surface area (Å²) in [7, 11) is 0. The normalized spacial score (nSPS) is 23.0. The zero-order valence-electron chi connectivity index (χ0n) is 28.9. The van der Waals surface area contributed by atoms with E-state index in [0.717, 1.165) is 95.2 Å². The van der Waals surface area contributed by atoms with Gasteiger partial charge in [-0.3, -0.25) is 4.90 Å². The van der Waals surface area contributed by atoms with Crippen molar-refractivity contribution in [2.75, 3.05) is 63.9 Å². The minimum absolute atomic E-state index is 0.114. The number of nitrogens with one attached hydrogen (secondary N) is 1. The molecule has 1 amide bonds. The van der Waals surface area contributed by atoms with Crippen LogP contribution in [0.15, 0.2) is 54.1 Å². The molecule has 2 saturated heterocycles. The van der Waals surface area contributed by atoms with Crippen LogP contribution in [-0.4, -0.2) is 92.5 Å². The Balaban J connectivity index is 1.23. The highest BCUT2D eigenvalue weighted by molar-refractivity contribution is 6.30. The van der Waals surface area contributed by atoms with Crippen LogP contribution < -0.4 is 10.2 Å². The highest BCUT2D eigenvalue weighted by atomic mass is 35.5. The Morgan fingerprint density at radius 1 is 0.979 bits per heavy atom. The number of carbonyl (C=O) groups is 2. The van der Waals surface area contributed by atoms with E-state index < -0.39 is 5.60 Å². The Labute approximate surface area is 286 Å². The smallest absolute Gasteiger partial charge is 0.407 e. The number of esters is 1. The highest BCUT2D eigenvalue weighted by Gasteiger charge is 2.36. The second kappa shape index (κ2) is 15.4. The lowest BCUT2D eigenvalue weighted by Gasteiger charge is -2.44. The van der Waals surface area contributed by atoms with E-state index in [1.54, 1.807) is 0 Å². The second-order valence-electron chi connectivity index (χ2n) is 14.8. The first-order valence-corrected chi connectivity index (χ1v) is 17.7. The highest BCUT2D eigenvalue weighted by Crippen LogP contribution is 2.44. The maximum atomic E-state index is 12.5. The van der Waals surface area contributed by atoms with E-state index in [9.17, 15) is 9.59 Å². The molecule has 2 aliphatic heterocycles. The fourth-order valence-electron chi connectivity index (χ4n) is 7.39. The van der Waals surface area contributed by atoms with Crippen molar-refractivity contribution in [3.63, 3.8) is 0 Å². The van der Waals surface area contributed by atoms with Crippen LogP contribution in [0.4, 0.5) is 10.5 Å². The molecule has 1 aliphatic carbocycles. The maximum Gasteiger partial charge on any atom is 0.407 e. The number of piperazine rings is 1. The second-order valence-corrected chi connectivity index (χ2v) is 15.3. The number of alkyl carbamates (subject to hydrolysis) is 1. The predicted molar refractivity (Wildman–Crippen MR) is 190 cm³/mol. The predicted octanol–water partition coefficient (Wildman–Crippen LogP) is 7.27. The standard InChI is InChI=1S/C38H53ClN4O4/c1-6-46-35(44)29-11-15-33(16-12-29)43-22-20-41(21-23-43)25-30-24-38(5,18-17-34(30)28-9-13-31(39)14-10-28)27-42-19-7-8-32(26-42)40-36(45)47-37(2,3)4/h9-16,32H,6-8,17-27H2,1-5H3,(H,40,45). The molecular weight excluding hydrogens is 612 g/mol. The van der Waals surface area contributed by atoms with E-state index in [4.69, 9.17) is 21.1 Å². The Morgan fingerprint density at radius 3 is 2.34 bits per heavy atom. The third-order valence-electron chi connectivity index (χ3n) is 9.60. The van der Waals surface area contributed by atoms with Gasteiger partial charge in [-0.2, -0.15) is 0 Å². The van der Waals surface area contributed by atoms with Crippen molar-refractivity contribution in [2.45, 2.75) is 78.4 Å². The number of hydrogen-bond donors (Lipinski definition) is 1. The molecule has 9 heteroatoms. The molecule has 0 radical (unpaired) electrons. The number of ether oxygens (including phenoxy) is 2. The molecule has 0 spiro atoms. The molecule has 256 valence electrons. The number of piperidine rings is 1. The van der Waals surface area contributed by atoms with Crippen molar-refractivity contribution in [3.8, 4) is 0 Å². The molecule has 2 heterocycles. The topological polar surface area (TPSA) is 74.4 Å². The molecule has 2 aromatic rings. The van der Waals surface area contributed by atoms with Gasteiger partial charge in [-0.25, -0.2) is 9.59 Å².